The summed E-state index contributed by atoms with van der Waals surface area (Å²) in [4.78, 5) is 26.3. The number of nitrogens with one attached hydrogen (secondary N) is 1. The molecule has 0 bridgehead atoms. The minimum absolute atomic E-state index is 0.175. The molecule has 0 spiro atoms. The molecule has 0 saturated carbocycles. The molecule has 2 rings (SSSR count). The third-order valence-electron chi connectivity index (χ3n) is 4.06. The Balaban J connectivity index is 2.07. The number of carbonyl (C=O) groups is 2. The molecule has 26 heavy (non-hydrogen) atoms. The fourth-order valence-electron chi connectivity index (χ4n) is 2.71. The summed E-state index contributed by atoms with van der Waals surface area (Å²) in [6, 6.07) is 10.0. The van der Waals surface area contributed by atoms with Gasteiger partial charge >= 0.3 is 5.97 Å². The highest BCUT2D eigenvalue weighted by molar-refractivity contribution is 6.10. The van der Waals surface area contributed by atoms with Gasteiger partial charge in [-0.2, -0.15) is 15.6 Å². The van der Waals surface area contributed by atoms with Crippen molar-refractivity contribution in [2.75, 3.05) is 25.1 Å². The fourth-order valence-corrected chi connectivity index (χ4v) is 2.71. The van der Waals surface area contributed by atoms with Gasteiger partial charge in [-0.1, -0.05) is 12.1 Å². The molecular weight excluding hydrogens is 334 g/mol. The highest BCUT2D eigenvalue weighted by atomic mass is 16.5. The Hall–Kier alpha value is -3.39. The van der Waals surface area contributed by atoms with Gasteiger partial charge in [0.05, 0.1) is 23.8 Å². The molecule has 0 radical (unpaired) electrons. The molecule has 1 aliphatic heterocycles. The predicted molar refractivity (Wildman–Crippen MR) is 94.0 cm³/mol. The van der Waals surface area contributed by atoms with Crippen LogP contribution in [0.15, 0.2) is 29.4 Å². The molecule has 1 aliphatic rings. The molecule has 1 saturated heterocycles. The fraction of sp³-hybridized carbons (Fsp3) is 0.389. The van der Waals surface area contributed by atoms with E-state index in [2.05, 4.69) is 10.5 Å². The monoisotopic (exact) mass is 353 g/mol. The van der Waals surface area contributed by atoms with E-state index in [-0.39, 0.29) is 23.5 Å². The van der Waals surface area contributed by atoms with Gasteiger partial charge in [0.1, 0.15) is 12.1 Å². The summed E-state index contributed by atoms with van der Waals surface area (Å²) in [6.45, 7) is 3.04. The lowest BCUT2D eigenvalue weighted by Gasteiger charge is -2.31. The van der Waals surface area contributed by atoms with E-state index in [1.807, 2.05) is 0 Å². The lowest BCUT2D eigenvalue weighted by atomic mass is 9.96. The third kappa shape index (κ3) is 4.58. The predicted octanol–water partition coefficient (Wildman–Crippen LogP) is 1.92. The number of amides is 1. The Labute approximate surface area is 151 Å². The SMILES string of the molecule is CCOC(=O)C1CCN(C(=O)c2ccccc2NN=C(C#N)C#N)CC1. The van der Waals surface area contributed by atoms with Crippen molar-refractivity contribution in [3.63, 3.8) is 0 Å². The lowest BCUT2D eigenvalue weighted by molar-refractivity contribution is -0.149. The molecule has 8 heteroatoms. The van der Waals surface area contributed by atoms with E-state index in [1.54, 1.807) is 48.2 Å². The van der Waals surface area contributed by atoms with Crippen molar-refractivity contribution in [3.8, 4) is 12.1 Å². The van der Waals surface area contributed by atoms with Gasteiger partial charge in [-0.05, 0) is 31.9 Å². The van der Waals surface area contributed by atoms with Gasteiger partial charge in [0, 0.05) is 13.1 Å². The molecule has 1 fully saturated rings. The molecule has 1 amide bonds. The summed E-state index contributed by atoms with van der Waals surface area (Å²) < 4.78 is 5.04. The number of ether oxygens (including phenoxy) is 1. The summed E-state index contributed by atoms with van der Waals surface area (Å²) in [6.07, 6.45) is 1.12. The normalized spacial score (nSPS) is 13.9. The van der Waals surface area contributed by atoms with E-state index in [0.29, 0.717) is 43.8 Å². The first-order valence-corrected chi connectivity index (χ1v) is 8.29. The number of esters is 1. The minimum Gasteiger partial charge on any atom is -0.466 e. The van der Waals surface area contributed by atoms with Gasteiger partial charge in [-0.25, -0.2) is 0 Å². The Morgan fingerprint density at radius 3 is 2.54 bits per heavy atom. The quantitative estimate of drug-likeness (QED) is 0.491. The van der Waals surface area contributed by atoms with E-state index >= 15 is 0 Å². The number of hydrogen-bond donors (Lipinski definition) is 1. The third-order valence-corrected chi connectivity index (χ3v) is 4.06. The van der Waals surface area contributed by atoms with E-state index in [4.69, 9.17) is 15.3 Å². The maximum absolute atomic E-state index is 12.8. The van der Waals surface area contributed by atoms with Crippen LogP contribution in [0.1, 0.15) is 30.1 Å². The van der Waals surface area contributed by atoms with Gasteiger partial charge in [0.25, 0.3) is 5.91 Å². The zero-order valence-corrected chi connectivity index (χ0v) is 14.4. The first kappa shape index (κ1) is 18.9. The number of nitrogens with zero attached hydrogens (tertiary/aromatic N) is 4. The molecule has 0 atom stereocenters. The number of nitriles is 2. The first-order chi connectivity index (χ1) is 12.6. The number of para-hydroxylation sites is 1. The Kier molecular flexibility index (Phi) is 6.69. The lowest BCUT2D eigenvalue weighted by Crippen LogP contribution is -2.40. The van der Waals surface area contributed by atoms with Crippen LogP contribution in [0.2, 0.25) is 0 Å². The topological polar surface area (TPSA) is 119 Å². The van der Waals surface area contributed by atoms with Crippen molar-refractivity contribution in [1.82, 2.24) is 4.90 Å². The van der Waals surface area contributed by atoms with Crippen LogP contribution < -0.4 is 5.43 Å². The van der Waals surface area contributed by atoms with E-state index in [1.165, 1.54) is 0 Å². The second kappa shape index (κ2) is 9.19. The molecule has 1 heterocycles. The largest absolute Gasteiger partial charge is 0.466 e. The highest BCUT2D eigenvalue weighted by Gasteiger charge is 2.29. The van der Waals surface area contributed by atoms with Crippen LogP contribution in [-0.2, 0) is 9.53 Å². The molecule has 1 N–H and O–H groups in total. The average Bonchev–Trinajstić information content (AvgIpc) is 2.69. The van der Waals surface area contributed by atoms with E-state index in [0.717, 1.165) is 0 Å². The summed E-state index contributed by atoms with van der Waals surface area (Å²) >= 11 is 0. The molecule has 1 aromatic rings. The molecule has 8 nitrogen and oxygen atoms in total. The van der Waals surface area contributed by atoms with Crippen molar-refractivity contribution in [2.45, 2.75) is 19.8 Å². The first-order valence-electron chi connectivity index (χ1n) is 8.29. The van der Waals surface area contributed by atoms with Crippen LogP contribution >= 0.6 is 0 Å². The number of anilines is 1. The summed E-state index contributed by atoms with van der Waals surface area (Å²) in [5.74, 6) is -0.580. The Morgan fingerprint density at radius 1 is 1.27 bits per heavy atom. The Bertz CT molecular complexity index is 767. The number of rotatable bonds is 5. The van der Waals surface area contributed by atoms with Gasteiger partial charge < -0.3 is 9.64 Å². The Morgan fingerprint density at radius 2 is 1.92 bits per heavy atom. The van der Waals surface area contributed by atoms with Gasteiger partial charge in [0.2, 0.25) is 5.71 Å². The molecule has 1 aromatic carbocycles. The second-order valence-electron chi connectivity index (χ2n) is 5.66. The standard InChI is InChI=1S/C18H19N5O3/c1-2-26-18(25)13-7-9-23(10-8-13)17(24)15-5-3-4-6-16(15)22-21-14(11-19)12-20/h3-6,13,22H,2,7-10H2,1H3. The van der Waals surface area contributed by atoms with Crippen LogP contribution in [-0.4, -0.2) is 42.2 Å². The molecule has 134 valence electrons. The summed E-state index contributed by atoms with van der Waals surface area (Å²) in [5, 5.41) is 21.2. The van der Waals surface area contributed by atoms with Crippen LogP contribution in [0, 0.1) is 28.6 Å². The van der Waals surface area contributed by atoms with Crippen LogP contribution in [0.3, 0.4) is 0 Å². The van der Waals surface area contributed by atoms with Crippen molar-refractivity contribution in [1.29, 1.82) is 10.5 Å². The smallest absolute Gasteiger partial charge is 0.309 e. The van der Waals surface area contributed by atoms with Crippen LogP contribution in [0.4, 0.5) is 5.69 Å². The van der Waals surface area contributed by atoms with Gasteiger partial charge in [-0.15, -0.1) is 0 Å². The number of hydrazone groups is 1. The summed E-state index contributed by atoms with van der Waals surface area (Å²) in [5.41, 5.74) is 3.07. The van der Waals surface area contributed by atoms with E-state index < -0.39 is 0 Å². The van der Waals surface area contributed by atoms with Crippen LogP contribution in [0.25, 0.3) is 0 Å². The number of carbonyl (C=O) groups excluding carboxylic acids is 2. The highest BCUT2D eigenvalue weighted by Crippen LogP contribution is 2.23. The van der Waals surface area contributed by atoms with Crippen molar-refractivity contribution in [3.05, 3.63) is 29.8 Å². The number of likely N-dealkylation sites (tertiary alicyclic amines) is 1. The van der Waals surface area contributed by atoms with Gasteiger partial charge in [0.15, 0.2) is 0 Å². The summed E-state index contributed by atoms with van der Waals surface area (Å²) in [7, 11) is 0. The second-order valence-corrected chi connectivity index (χ2v) is 5.66. The zero-order valence-electron chi connectivity index (χ0n) is 14.4. The number of piperidine rings is 1. The average molecular weight is 353 g/mol. The molecule has 0 unspecified atom stereocenters. The minimum atomic E-state index is -0.331. The molecular formula is C18H19N5O3. The number of benzene rings is 1. The van der Waals surface area contributed by atoms with Crippen molar-refractivity contribution < 1.29 is 14.3 Å². The van der Waals surface area contributed by atoms with Crippen LogP contribution in [0.5, 0.6) is 0 Å². The van der Waals surface area contributed by atoms with Crippen molar-refractivity contribution in [2.24, 2.45) is 11.0 Å². The van der Waals surface area contributed by atoms with Crippen molar-refractivity contribution >= 4 is 23.3 Å². The molecule has 0 aliphatic carbocycles. The maximum Gasteiger partial charge on any atom is 0.309 e. The maximum atomic E-state index is 12.8. The number of hydrogen-bond acceptors (Lipinski definition) is 7. The van der Waals surface area contributed by atoms with E-state index in [9.17, 15) is 9.59 Å². The van der Waals surface area contributed by atoms with Gasteiger partial charge in [-0.3, -0.25) is 15.0 Å². The zero-order chi connectivity index (χ0) is 18.9. The molecule has 0 aromatic heterocycles.